The summed E-state index contributed by atoms with van der Waals surface area (Å²) in [6.07, 6.45) is -0.350. The molecule has 0 spiro atoms. The minimum atomic E-state index is -4.91. The smallest absolute Gasteiger partial charge is 0.295 e. The lowest BCUT2D eigenvalue weighted by Gasteiger charge is -2.13. The first-order chi connectivity index (χ1) is 21.0. The maximum Gasteiger partial charge on any atom is 0.295 e. The van der Waals surface area contributed by atoms with E-state index in [0.717, 1.165) is 24.3 Å². The highest BCUT2D eigenvalue weighted by molar-refractivity contribution is 7.86. The van der Waals surface area contributed by atoms with E-state index in [1.54, 1.807) is 0 Å². The average molecular weight is 639 g/mol. The molecule has 0 atom stereocenters. The normalized spacial score (nSPS) is 13.3. The van der Waals surface area contributed by atoms with E-state index in [4.69, 9.17) is 4.34 Å². The standard InChI is InChI=1S/C24H18N6O9S3.H2/c1-13-25-12-26-24(27-13)28-19-9-8-18(16-5-3-7-21(23(16)19)41(34,35)36)30-29-14-10-17-15(22(11-14)42(37,38)39)4-2-6-20(17)40(31,32)33;/h2-12H,1H3,(H,31,32,33)(H,34,35,36)(H,37,38,39)(H,25,26,27,28);1H/i12T;1+2T. The topological polar surface area (TPSA) is 239 Å². The first kappa shape index (κ1) is 26.4. The van der Waals surface area contributed by atoms with Crippen molar-refractivity contribution in [1.82, 2.24) is 15.0 Å². The Morgan fingerprint density at radius 3 is 2.07 bits per heavy atom. The van der Waals surface area contributed by atoms with Crippen LogP contribution in [0.3, 0.4) is 0 Å². The van der Waals surface area contributed by atoms with E-state index < -0.39 is 45.0 Å². The van der Waals surface area contributed by atoms with Gasteiger partial charge in [0.15, 0.2) is 0 Å². The number of aryl methyl sites for hydroxylation is 1. The van der Waals surface area contributed by atoms with E-state index in [0.29, 0.717) is 0 Å². The van der Waals surface area contributed by atoms with Crippen LogP contribution in [0.2, 0.25) is 0 Å². The van der Waals surface area contributed by atoms with Gasteiger partial charge in [0.25, 0.3) is 30.4 Å². The fraction of sp³-hybridized carbons (Fsp3) is 0.0417. The van der Waals surface area contributed by atoms with Gasteiger partial charge in [0.1, 0.15) is 28.2 Å². The summed E-state index contributed by atoms with van der Waals surface area (Å²) in [6.45, 7) is 1.52. The largest absolute Gasteiger partial charge is 0.323 e. The molecule has 0 bridgehead atoms. The van der Waals surface area contributed by atoms with Gasteiger partial charge >= 0.3 is 0 Å². The first-order valence-corrected chi connectivity index (χ1v) is 15.8. The fourth-order valence-electron chi connectivity index (χ4n) is 4.21. The molecule has 42 heavy (non-hydrogen) atoms. The minimum Gasteiger partial charge on any atom is -0.323 e. The van der Waals surface area contributed by atoms with Crippen LogP contribution in [-0.4, -0.2) is 53.9 Å². The number of aromatic nitrogens is 3. The zero-order chi connectivity index (χ0) is 33.3. The summed E-state index contributed by atoms with van der Waals surface area (Å²) in [5.74, 6) is 0.130. The highest BCUT2D eigenvalue weighted by Crippen LogP contribution is 2.39. The van der Waals surface area contributed by atoms with Crippen molar-refractivity contribution in [2.75, 3.05) is 5.32 Å². The third-order valence-corrected chi connectivity index (χ3v) is 8.57. The van der Waals surface area contributed by atoms with E-state index >= 15 is 0 Å². The van der Waals surface area contributed by atoms with Gasteiger partial charge in [-0.3, -0.25) is 13.7 Å². The van der Waals surface area contributed by atoms with Crippen molar-refractivity contribution >= 4 is 74.9 Å². The second-order valence-corrected chi connectivity index (χ2v) is 12.8. The SMILES string of the molecule is [3H][3H].[3H]c1nc(C)nc(Nc2ccc(N=Nc3cc(S(=O)(=O)O)c4cccc(S(=O)(=O)O)c4c3)c3cccc(S(=O)(=O)O)c23)n1. The summed E-state index contributed by atoms with van der Waals surface area (Å²) >= 11 is 0. The summed E-state index contributed by atoms with van der Waals surface area (Å²) in [4.78, 5) is 9.82. The molecule has 0 aliphatic rings. The van der Waals surface area contributed by atoms with Gasteiger partial charge in [-0.25, -0.2) is 9.97 Å². The summed E-state index contributed by atoms with van der Waals surface area (Å²) in [7, 11) is -14.5. The van der Waals surface area contributed by atoms with Crippen molar-refractivity contribution in [3.05, 3.63) is 72.8 Å². The third-order valence-electron chi connectivity index (χ3n) is 5.87. The number of nitrogens with one attached hydrogen (secondary N) is 1. The molecule has 218 valence electrons. The molecule has 0 saturated heterocycles. The molecule has 1 aromatic heterocycles. The number of nitrogens with zero attached hydrogens (tertiary/aromatic N) is 5. The maximum absolute atomic E-state index is 12.3. The van der Waals surface area contributed by atoms with Gasteiger partial charge < -0.3 is 5.32 Å². The average Bonchev–Trinajstić information content (AvgIpc) is 2.94. The minimum absolute atomic E-state index is 0.0237. The van der Waals surface area contributed by atoms with Gasteiger partial charge in [-0.15, -0.1) is 5.11 Å². The maximum atomic E-state index is 12.3. The van der Waals surface area contributed by atoms with Crippen molar-refractivity contribution in [1.29, 1.82) is 0 Å². The van der Waals surface area contributed by atoms with E-state index in [9.17, 15) is 38.9 Å². The van der Waals surface area contributed by atoms with Crippen LogP contribution < -0.4 is 5.32 Å². The van der Waals surface area contributed by atoms with Crippen molar-refractivity contribution in [2.24, 2.45) is 10.2 Å². The zero-order valence-corrected chi connectivity index (χ0v) is 23.5. The Hall–Kier alpha value is -4.46. The van der Waals surface area contributed by atoms with Crippen LogP contribution in [0, 0.1) is 6.92 Å². The lowest BCUT2D eigenvalue weighted by atomic mass is 10.1. The van der Waals surface area contributed by atoms with Crippen molar-refractivity contribution in [3.8, 4) is 0 Å². The molecule has 1 heterocycles. The molecular weight excluding hydrogens is 612 g/mol. The predicted molar refractivity (Wildman–Crippen MR) is 151 cm³/mol. The van der Waals surface area contributed by atoms with Gasteiger partial charge in [0.2, 0.25) is 5.95 Å². The summed E-state index contributed by atoms with van der Waals surface area (Å²) < 4.78 is 120. The molecular formula is C24H20N6O9S3. The molecule has 0 radical (unpaired) electrons. The van der Waals surface area contributed by atoms with Crippen LogP contribution in [0.4, 0.5) is 23.0 Å². The number of fused-ring (bicyclic) bond motifs is 2. The lowest BCUT2D eigenvalue weighted by Crippen LogP contribution is -2.04. The second-order valence-electron chi connectivity index (χ2n) is 8.66. The molecule has 0 aliphatic carbocycles. The van der Waals surface area contributed by atoms with Crippen LogP contribution in [-0.2, 0) is 30.4 Å². The molecule has 4 N–H and O–H groups in total. The number of benzene rings is 4. The fourth-order valence-corrected chi connectivity index (χ4v) is 6.36. The molecule has 5 aromatic rings. The van der Waals surface area contributed by atoms with Gasteiger partial charge in [-0.05, 0) is 43.3 Å². The number of azo groups is 1. The van der Waals surface area contributed by atoms with Crippen LogP contribution in [0.1, 0.15) is 10.2 Å². The quantitative estimate of drug-likeness (QED) is 0.141. The summed E-state index contributed by atoms with van der Waals surface area (Å²) in [5, 5.41) is 10.5. The highest BCUT2D eigenvalue weighted by Gasteiger charge is 2.22. The van der Waals surface area contributed by atoms with Crippen LogP contribution in [0.25, 0.3) is 21.5 Å². The Balaban J connectivity index is 0.00000226. The highest BCUT2D eigenvalue weighted by atomic mass is 32.2. The number of hydrogen-bond donors (Lipinski definition) is 4. The zero-order valence-electron chi connectivity index (χ0n) is 24.0. The van der Waals surface area contributed by atoms with Gasteiger partial charge in [-0.2, -0.15) is 35.4 Å². The Morgan fingerprint density at radius 1 is 0.786 bits per heavy atom. The van der Waals surface area contributed by atoms with E-state index in [1.165, 1.54) is 43.3 Å². The Kier molecular flexibility index (Phi) is 6.56. The number of anilines is 2. The Morgan fingerprint density at radius 2 is 1.43 bits per heavy atom. The number of hydrogen-bond acceptors (Lipinski definition) is 12. The number of rotatable bonds is 7. The first-order valence-electron chi connectivity index (χ1n) is 13.0. The van der Waals surface area contributed by atoms with E-state index in [1.807, 2.05) is 0 Å². The molecule has 0 fully saturated rings. The van der Waals surface area contributed by atoms with E-state index in [2.05, 4.69) is 30.5 Å². The molecule has 0 unspecified atom stereocenters. The van der Waals surface area contributed by atoms with Crippen molar-refractivity contribution in [2.45, 2.75) is 21.6 Å². The summed E-state index contributed by atoms with van der Waals surface area (Å²) in [6, 6.07) is 12.2. The Bertz CT molecular complexity index is 2320. The van der Waals surface area contributed by atoms with Crippen LogP contribution >= 0.6 is 0 Å². The van der Waals surface area contributed by atoms with Gasteiger partial charge in [0.05, 0.1) is 17.1 Å². The summed E-state index contributed by atoms with van der Waals surface area (Å²) in [5.41, 5.74) is -0.124. The molecule has 0 saturated carbocycles. The second kappa shape index (κ2) is 10.4. The molecule has 4 aromatic carbocycles. The molecule has 0 aliphatic heterocycles. The van der Waals surface area contributed by atoms with Gasteiger partial charge in [0, 0.05) is 24.5 Å². The lowest BCUT2D eigenvalue weighted by molar-refractivity contribution is 0.481. The third kappa shape index (κ3) is 5.79. The van der Waals surface area contributed by atoms with Gasteiger partial charge in [-0.1, -0.05) is 24.3 Å². The monoisotopic (exact) mass is 638 g/mol. The van der Waals surface area contributed by atoms with E-state index in [-0.39, 0.29) is 56.7 Å². The Labute approximate surface area is 242 Å². The molecule has 18 heteroatoms. The predicted octanol–water partition coefficient (Wildman–Crippen LogP) is 4.63. The van der Waals surface area contributed by atoms with Crippen molar-refractivity contribution in [3.63, 3.8) is 0 Å². The van der Waals surface area contributed by atoms with Crippen LogP contribution in [0.15, 0.2) is 91.9 Å². The molecule has 15 nitrogen and oxygen atoms in total. The van der Waals surface area contributed by atoms with Crippen LogP contribution in [0.5, 0.6) is 0 Å². The molecule has 5 rings (SSSR count). The van der Waals surface area contributed by atoms with Crippen molar-refractivity contribution < 1.29 is 43.3 Å². The molecule has 0 amide bonds.